The van der Waals surface area contributed by atoms with Crippen molar-refractivity contribution in [1.82, 2.24) is 19.7 Å². The number of halogens is 2. The van der Waals surface area contributed by atoms with Gasteiger partial charge in [0.1, 0.15) is 30.3 Å². The van der Waals surface area contributed by atoms with E-state index in [1.165, 1.54) is 28.7 Å². The van der Waals surface area contributed by atoms with E-state index in [4.69, 9.17) is 0 Å². The van der Waals surface area contributed by atoms with E-state index < -0.39 is 29.7 Å². The Bertz CT molecular complexity index is 1090. The molecule has 0 saturated carbocycles. The highest BCUT2D eigenvalue weighted by Gasteiger charge is 2.33. The summed E-state index contributed by atoms with van der Waals surface area (Å²) < 4.78 is 29.7. The Morgan fingerprint density at radius 1 is 1.10 bits per heavy atom. The maximum Gasteiger partial charge on any atom is 0.137 e. The minimum Gasteiger partial charge on any atom is -0.390 e. The van der Waals surface area contributed by atoms with E-state index in [1.807, 2.05) is 35.7 Å². The van der Waals surface area contributed by atoms with Crippen molar-refractivity contribution < 1.29 is 13.9 Å². The fraction of sp³-hybridized carbons (Fsp3) is 0.190. The quantitative estimate of drug-likeness (QED) is 0.509. The molecule has 4 aromatic rings. The Labute approximate surface area is 170 Å². The molecule has 1 N–H and O–H groups in total. The number of benzene rings is 2. The molecule has 0 fully saturated rings. The summed E-state index contributed by atoms with van der Waals surface area (Å²) in [6.45, 7) is 1.80. The SMILES string of the molecule is C[C@@H](c1nc(-c2ccccc2)cs1)[C@@H](O)C(c1cc(F)ccc1F)n1cncn1. The van der Waals surface area contributed by atoms with E-state index in [2.05, 4.69) is 15.1 Å². The van der Waals surface area contributed by atoms with Crippen molar-refractivity contribution in [3.8, 4) is 11.3 Å². The zero-order chi connectivity index (χ0) is 20.4. The number of hydrogen-bond acceptors (Lipinski definition) is 5. The molecule has 0 saturated heterocycles. The highest BCUT2D eigenvalue weighted by molar-refractivity contribution is 7.10. The van der Waals surface area contributed by atoms with Gasteiger partial charge in [0.25, 0.3) is 0 Å². The molecule has 2 heterocycles. The molecule has 3 atom stereocenters. The smallest absolute Gasteiger partial charge is 0.137 e. The fourth-order valence-corrected chi connectivity index (χ4v) is 4.17. The summed E-state index contributed by atoms with van der Waals surface area (Å²) in [5, 5.41) is 17.8. The number of thiazole rings is 1. The summed E-state index contributed by atoms with van der Waals surface area (Å²) in [5.41, 5.74) is 1.79. The van der Waals surface area contributed by atoms with Gasteiger partial charge in [0.05, 0.1) is 16.8 Å². The van der Waals surface area contributed by atoms with Gasteiger partial charge in [-0.05, 0) is 18.2 Å². The van der Waals surface area contributed by atoms with Crippen LogP contribution in [0.5, 0.6) is 0 Å². The van der Waals surface area contributed by atoms with Gasteiger partial charge in [0, 0.05) is 22.4 Å². The summed E-state index contributed by atoms with van der Waals surface area (Å²) in [6.07, 6.45) is 1.56. The van der Waals surface area contributed by atoms with Crippen LogP contribution in [-0.4, -0.2) is 31.0 Å². The van der Waals surface area contributed by atoms with Gasteiger partial charge in [-0.2, -0.15) is 5.10 Å². The highest BCUT2D eigenvalue weighted by Crippen LogP contribution is 2.35. The molecule has 1 unspecified atom stereocenters. The monoisotopic (exact) mass is 412 g/mol. The van der Waals surface area contributed by atoms with Gasteiger partial charge in [0.15, 0.2) is 0 Å². The lowest BCUT2D eigenvalue weighted by molar-refractivity contribution is 0.0995. The molecule has 0 aliphatic carbocycles. The second-order valence-electron chi connectivity index (χ2n) is 6.70. The van der Waals surface area contributed by atoms with Crippen molar-refractivity contribution in [2.45, 2.75) is 25.0 Å². The lowest BCUT2D eigenvalue weighted by Gasteiger charge is -2.27. The molecular weight excluding hydrogens is 394 g/mol. The third kappa shape index (κ3) is 3.94. The average molecular weight is 412 g/mol. The molecule has 2 aromatic carbocycles. The molecule has 148 valence electrons. The maximum atomic E-state index is 14.5. The number of aromatic nitrogens is 4. The Hall–Kier alpha value is -2.97. The first kappa shape index (κ1) is 19.4. The molecular formula is C21H18F2N4OS. The van der Waals surface area contributed by atoms with Gasteiger partial charge >= 0.3 is 0 Å². The number of hydrogen-bond donors (Lipinski definition) is 1. The molecule has 4 rings (SSSR count). The predicted molar refractivity (Wildman–Crippen MR) is 106 cm³/mol. The first-order valence-electron chi connectivity index (χ1n) is 9.02. The van der Waals surface area contributed by atoms with E-state index in [9.17, 15) is 13.9 Å². The van der Waals surface area contributed by atoms with Crippen molar-refractivity contribution in [3.63, 3.8) is 0 Å². The summed E-state index contributed by atoms with van der Waals surface area (Å²) >= 11 is 1.41. The fourth-order valence-electron chi connectivity index (χ4n) is 3.24. The van der Waals surface area contributed by atoms with Crippen molar-refractivity contribution in [3.05, 3.63) is 88.8 Å². The van der Waals surface area contributed by atoms with Crippen LogP contribution in [-0.2, 0) is 0 Å². The normalized spacial score (nSPS) is 14.5. The molecule has 5 nitrogen and oxygen atoms in total. The zero-order valence-corrected chi connectivity index (χ0v) is 16.3. The van der Waals surface area contributed by atoms with Crippen LogP contribution in [0.15, 0.2) is 66.6 Å². The lowest BCUT2D eigenvalue weighted by atomic mass is 9.92. The molecule has 2 aromatic heterocycles. The molecule has 0 amide bonds. The standard InChI is InChI=1S/C21H18F2N4OS/c1-13(21-26-18(10-29-21)14-5-3-2-4-6-14)20(28)19(27-12-24-11-25-27)16-9-15(22)7-8-17(16)23/h2-13,19-20,28H,1H3/t13-,19?,20-/m1/s1. The maximum absolute atomic E-state index is 14.5. The van der Waals surface area contributed by atoms with Crippen LogP contribution in [0.3, 0.4) is 0 Å². The molecule has 8 heteroatoms. The first-order chi connectivity index (χ1) is 14.0. The molecule has 0 aliphatic rings. The van der Waals surface area contributed by atoms with E-state index in [0.29, 0.717) is 5.01 Å². The first-order valence-corrected chi connectivity index (χ1v) is 9.90. The third-order valence-corrected chi connectivity index (χ3v) is 5.86. The van der Waals surface area contributed by atoms with Crippen LogP contribution in [0, 0.1) is 11.6 Å². The second-order valence-corrected chi connectivity index (χ2v) is 7.59. The van der Waals surface area contributed by atoms with Gasteiger partial charge in [-0.15, -0.1) is 11.3 Å². The molecule has 29 heavy (non-hydrogen) atoms. The van der Waals surface area contributed by atoms with Crippen molar-refractivity contribution in [1.29, 1.82) is 0 Å². The number of aliphatic hydroxyl groups excluding tert-OH is 1. The van der Waals surface area contributed by atoms with Gasteiger partial charge in [0.2, 0.25) is 0 Å². The molecule has 0 radical (unpaired) electrons. The Kier molecular flexibility index (Phi) is 5.46. The topological polar surface area (TPSA) is 63.8 Å². The molecule has 0 aliphatic heterocycles. The predicted octanol–water partition coefficient (Wildman–Crippen LogP) is 4.43. The Morgan fingerprint density at radius 2 is 1.90 bits per heavy atom. The van der Waals surface area contributed by atoms with Crippen LogP contribution < -0.4 is 0 Å². The van der Waals surface area contributed by atoms with E-state index in [1.54, 1.807) is 6.92 Å². The average Bonchev–Trinajstić information content (AvgIpc) is 3.43. The summed E-state index contributed by atoms with van der Waals surface area (Å²) in [4.78, 5) is 8.53. The van der Waals surface area contributed by atoms with Gasteiger partial charge in [-0.3, -0.25) is 0 Å². The highest BCUT2D eigenvalue weighted by atomic mass is 32.1. The number of aliphatic hydroxyl groups is 1. The van der Waals surface area contributed by atoms with Crippen LogP contribution in [0.25, 0.3) is 11.3 Å². The van der Waals surface area contributed by atoms with E-state index in [0.717, 1.165) is 29.5 Å². The largest absolute Gasteiger partial charge is 0.390 e. The number of nitrogens with zero attached hydrogens (tertiary/aromatic N) is 4. The van der Waals surface area contributed by atoms with Crippen LogP contribution in [0.4, 0.5) is 8.78 Å². The summed E-state index contributed by atoms with van der Waals surface area (Å²) in [5.74, 6) is -1.66. The minimum absolute atomic E-state index is 0.00897. The third-order valence-electron chi connectivity index (χ3n) is 4.82. The summed E-state index contributed by atoms with van der Waals surface area (Å²) in [7, 11) is 0. The van der Waals surface area contributed by atoms with Gasteiger partial charge < -0.3 is 5.11 Å². The number of rotatable bonds is 6. The lowest BCUT2D eigenvalue weighted by Crippen LogP contribution is -2.31. The zero-order valence-electron chi connectivity index (χ0n) is 15.5. The molecule has 0 spiro atoms. The van der Waals surface area contributed by atoms with Crippen LogP contribution in [0.2, 0.25) is 0 Å². The van der Waals surface area contributed by atoms with Gasteiger partial charge in [-0.25, -0.2) is 23.4 Å². The second kappa shape index (κ2) is 8.18. The van der Waals surface area contributed by atoms with Crippen molar-refractivity contribution in [2.75, 3.05) is 0 Å². The van der Waals surface area contributed by atoms with Crippen molar-refractivity contribution in [2.24, 2.45) is 0 Å². The van der Waals surface area contributed by atoms with Crippen LogP contribution in [0.1, 0.15) is 29.5 Å². The van der Waals surface area contributed by atoms with E-state index in [-0.39, 0.29) is 5.56 Å². The minimum atomic E-state index is -1.11. The summed E-state index contributed by atoms with van der Waals surface area (Å²) in [6, 6.07) is 11.9. The van der Waals surface area contributed by atoms with Crippen LogP contribution >= 0.6 is 11.3 Å². The Morgan fingerprint density at radius 3 is 2.62 bits per heavy atom. The molecule has 0 bridgehead atoms. The van der Waals surface area contributed by atoms with Crippen molar-refractivity contribution >= 4 is 11.3 Å². The van der Waals surface area contributed by atoms with E-state index >= 15 is 0 Å². The van der Waals surface area contributed by atoms with Gasteiger partial charge in [-0.1, -0.05) is 37.3 Å². The Balaban J connectivity index is 1.69.